The maximum Gasteiger partial charge on any atom is 0.416 e. The van der Waals surface area contributed by atoms with Crippen LogP contribution in [-0.4, -0.2) is 12.6 Å². The summed E-state index contributed by atoms with van der Waals surface area (Å²) < 4.78 is 43.3. The highest BCUT2D eigenvalue weighted by Gasteiger charge is 2.30. The van der Waals surface area contributed by atoms with Gasteiger partial charge in [-0.1, -0.05) is 13.0 Å². The first-order valence-electron chi connectivity index (χ1n) is 5.86. The average molecular weight is 261 g/mol. The summed E-state index contributed by atoms with van der Waals surface area (Å²) in [6, 6.07) is 3.91. The number of aryl methyl sites for hydroxylation is 1. The molecule has 102 valence electrons. The van der Waals surface area contributed by atoms with Crippen molar-refractivity contribution in [1.82, 2.24) is 0 Å². The standard InChI is InChI=1S/C13H18F3NO/c1-3-10-4-11(8-18-7-9(2)17)6-12(5-10)13(14,15)16/h4-6,9H,3,7-8,17H2,1-2H3/t9-/m0/s1. The van der Waals surface area contributed by atoms with Gasteiger partial charge in [-0.05, 0) is 36.6 Å². The van der Waals surface area contributed by atoms with Crippen LogP contribution >= 0.6 is 0 Å². The quantitative estimate of drug-likeness (QED) is 0.883. The first-order chi connectivity index (χ1) is 8.32. The van der Waals surface area contributed by atoms with Gasteiger partial charge in [0.2, 0.25) is 0 Å². The number of hydrogen-bond acceptors (Lipinski definition) is 2. The summed E-state index contributed by atoms with van der Waals surface area (Å²) in [4.78, 5) is 0. The number of ether oxygens (including phenoxy) is 1. The largest absolute Gasteiger partial charge is 0.416 e. The number of halogens is 3. The molecule has 0 spiro atoms. The summed E-state index contributed by atoms with van der Waals surface area (Å²) in [5, 5.41) is 0. The van der Waals surface area contributed by atoms with E-state index in [0.29, 0.717) is 24.2 Å². The van der Waals surface area contributed by atoms with E-state index in [1.54, 1.807) is 13.0 Å². The molecule has 2 nitrogen and oxygen atoms in total. The Morgan fingerprint density at radius 1 is 1.22 bits per heavy atom. The van der Waals surface area contributed by atoms with E-state index >= 15 is 0 Å². The van der Waals surface area contributed by atoms with Crippen molar-refractivity contribution in [3.63, 3.8) is 0 Å². The Hall–Kier alpha value is -1.07. The van der Waals surface area contributed by atoms with Gasteiger partial charge in [0.25, 0.3) is 0 Å². The third-order valence-electron chi connectivity index (χ3n) is 2.44. The molecule has 0 aromatic heterocycles. The zero-order chi connectivity index (χ0) is 13.8. The molecular weight excluding hydrogens is 243 g/mol. The van der Waals surface area contributed by atoms with Gasteiger partial charge < -0.3 is 10.5 Å². The van der Waals surface area contributed by atoms with Crippen LogP contribution in [0.15, 0.2) is 18.2 Å². The second kappa shape index (κ2) is 6.20. The summed E-state index contributed by atoms with van der Waals surface area (Å²) in [5.74, 6) is 0. The van der Waals surface area contributed by atoms with E-state index in [1.807, 2.05) is 6.92 Å². The van der Waals surface area contributed by atoms with Crippen LogP contribution in [0.5, 0.6) is 0 Å². The van der Waals surface area contributed by atoms with E-state index in [1.165, 1.54) is 6.07 Å². The average Bonchev–Trinajstić information content (AvgIpc) is 2.27. The molecule has 0 saturated heterocycles. The van der Waals surface area contributed by atoms with Crippen molar-refractivity contribution in [1.29, 1.82) is 0 Å². The topological polar surface area (TPSA) is 35.2 Å². The number of hydrogen-bond donors (Lipinski definition) is 1. The molecular formula is C13H18F3NO. The van der Waals surface area contributed by atoms with E-state index in [9.17, 15) is 13.2 Å². The number of rotatable bonds is 5. The van der Waals surface area contributed by atoms with Crippen molar-refractivity contribution in [2.24, 2.45) is 5.73 Å². The molecule has 1 aromatic carbocycles. The lowest BCUT2D eigenvalue weighted by atomic mass is 10.0. The SMILES string of the molecule is CCc1cc(COC[C@H](C)N)cc(C(F)(F)F)c1. The van der Waals surface area contributed by atoms with Crippen LogP contribution in [-0.2, 0) is 23.9 Å². The van der Waals surface area contributed by atoms with Gasteiger partial charge in [-0.25, -0.2) is 0 Å². The molecule has 1 atom stereocenters. The van der Waals surface area contributed by atoms with Gasteiger partial charge in [0, 0.05) is 6.04 Å². The Morgan fingerprint density at radius 2 is 1.83 bits per heavy atom. The summed E-state index contributed by atoms with van der Waals surface area (Å²) in [7, 11) is 0. The molecule has 0 aliphatic heterocycles. The zero-order valence-corrected chi connectivity index (χ0v) is 10.6. The second-order valence-corrected chi connectivity index (χ2v) is 4.38. The Bertz CT molecular complexity index is 388. The van der Waals surface area contributed by atoms with Gasteiger partial charge in [0.05, 0.1) is 18.8 Å². The normalized spacial score (nSPS) is 13.7. The van der Waals surface area contributed by atoms with Gasteiger partial charge in [-0.2, -0.15) is 13.2 Å². The summed E-state index contributed by atoms with van der Waals surface area (Å²) in [6.07, 6.45) is -3.76. The van der Waals surface area contributed by atoms with E-state index < -0.39 is 11.7 Å². The van der Waals surface area contributed by atoms with Crippen molar-refractivity contribution in [2.45, 2.75) is 39.1 Å². The van der Waals surface area contributed by atoms with Crippen LogP contribution in [0.4, 0.5) is 13.2 Å². The van der Waals surface area contributed by atoms with E-state index in [2.05, 4.69) is 0 Å². The predicted molar refractivity (Wildman–Crippen MR) is 64.1 cm³/mol. The van der Waals surface area contributed by atoms with Crippen LogP contribution < -0.4 is 5.73 Å². The fourth-order valence-corrected chi connectivity index (χ4v) is 1.58. The second-order valence-electron chi connectivity index (χ2n) is 4.38. The number of alkyl halides is 3. The Labute approximate surface area is 105 Å². The molecule has 18 heavy (non-hydrogen) atoms. The van der Waals surface area contributed by atoms with Gasteiger partial charge in [-0.15, -0.1) is 0 Å². The van der Waals surface area contributed by atoms with Crippen LogP contribution in [0.25, 0.3) is 0 Å². The van der Waals surface area contributed by atoms with Crippen LogP contribution in [0, 0.1) is 0 Å². The monoisotopic (exact) mass is 261 g/mol. The molecule has 0 heterocycles. The fraction of sp³-hybridized carbons (Fsp3) is 0.538. The molecule has 0 unspecified atom stereocenters. The summed E-state index contributed by atoms with van der Waals surface area (Å²) in [6.45, 7) is 4.09. The van der Waals surface area contributed by atoms with Crippen molar-refractivity contribution in [2.75, 3.05) is 6.61 Å². The van der Waals surface area contributed by atoms with Crippen LogP contribution in [0.3, 0.4) is 0 Å². The third kappa shape index (κ3) is 4.66. The van der Waals surface area contributed by atoms with Crippen LogP contribution in [0.2, 0.25) is 0 Å². The minimum absolute atomic E-state index is 0.124. The molecule has 5 heteroatoms. The first kappa shape index (κ1) is 15.0. The Morgan fingerprint density at radius 3 is 2.33 bits per heavy atom. The summed E-state index contributed by atoms with van der Waals surface area (Å²) >= 11 is 0. The molecule has 2 N–H and O–H groups in total. The van der Waals surface area contributed by atoms with Gasteiger partial charge in [0.1, 0.15) is 0 Å². The number of nitrogens with two attached hydrogens (primary N) is 1. The maximum absolute atomic E-state index is 12.7. The zero-order valence-electron chi connectivity index (χ0n) is 10.6. The minimum atomic E-state index is -4.32. The van der Waals surface area contributed by atoms with Gasteiger partial charge in [0.15, 0.2) is 0 Å². The Kier molecular flexibility index (Phi) is 5.16. The number of benzene rings is 1. The fourth-order valence-electron chi connectivity index (χ4n) is 1.58. The molecule has 0 saturated carbocycles. The molecule has 1 aromatic rings. The highest BCUT2D eigenvalue weighted by atomic mass is 19.4. The van der Waals surface area contributed by atoms with Gasteiger partial charge >= 0.3 is 6.18 Å². The summed E-state index contributed by atoms with van der Waals surface area (Å²) in [5.41, 5.74) is 6.07. The molecule has 0 amide bonds. The predicted octanol–water partition coefficient (Wildman–Crippen LogP) is 3.13. The highest BCUT2D eigenvalue weighted by molar-refractivity contribution is 5.31. The van der Waals surface area contributed by atoms with Crippen molar-refractivity contribution in [3.05, 3.63) is 34.9 Å². The molecule has 0 fully saturated rings. The van der Waals surface area contributed by atoms with E-state index in [4.69, 9.17) is 10.5 Å². The molecule has 0 bridgehead atoms. The molecule has 0 radical (unpaired) electrons. The Balaban J connectivity index is 2.84. The molecule has 0 aliphatic carbocycles. The first-order valence-corrected chi connectivity index (χ1v) is 5.86. The lowest BCUT2D eigenvalue weighted by Crippen LogP contribution is -2.21. The van der Waals surface area contributed by atoms with Crippen molar-refractivity contribution < 1.29 is 17.9 Å². The van der Waals surface area contributed by atoms with Crippen LogP contribution in [0.1, 0.15) is 30.5 Å². The van der Waals surface area contributed by atoms with E-state index in [0.717, 1.165) is 6.07 Å². The van der Waals surface area contributed by atoms with E-state index in [-0.39, 0.29) is 12.6 Å². The smallest absolute Gasteiger partial charge is 0.375 e. The van der Waals surface area contributed by atoms with Gasteiger partial charge in [-0.3, -0.25) is 0 Å². The molecule has 0 aliphatic rings. The van der Waals surface area contributed by atoms with Crippen molar-refractivity contribution in [3.8, 4) is 0 Å². The maximum atomic E-state index is 12.7. The molecule has 1 rings (SSSR count). The third-order valence-corrected chi connectivity index (χ3v) is 2.44. The lowest BCUT2D eigenvalue weighted by molar-refractivity contribution is -0.137. The highest BCUT2D eigenvalue weighted by Crippen LogP contribution is 2.31. The van der Waals surface area contributed by atoms with Crippen molar-refractivity contribution >= 4 is 0 Å². The lowest BCUT2D eigenvalue weighted by Gasteiger charge is -2.12. The minimum Gasteiger partial charge on any atom is -0.375 e.